The number of halogens is 3. The van der Waals surface area contributed by atoms with Gasteiger partial charge in [-0.05, 0) is 43.4 Å². The molecule has 1 saturated heterocycles. The fourth-order valence-corrected chi connectivity index (χ4v) is 5.40. The van der Waals surface area contributed by atoms with Crippen LogP contribution in [-0.2, 0) is 12.7 Å². The molecule has 5 rings (SSSR count). The van der Waals surface area contributed by atoms with Gasteiger partial charge in [0.2, 0.25) is 0 Å². The number of nitrogens with one attached hydrogen (secondary N) is 3. The van der Waals surface area contributed by atoms with Crippen LogP contribution in [0.3, 0.4) is 0 Å². The third-order valence-corrected chi connectivity index (χ3v) is 7.43. The zero-order chi connectivity index (χ0) is 26.5. The van der Waals surface area contributed by atoms with Crippen molar-refractivity contribution in [1.29, 1.82) is 10.8 Å². The van der Waals surface area contributed by atoms with Crippen molar-refractivity contribution in [1.82, 2.24) is 25.0 Å². The molecule has 196 valence electrons. The van der Waals surface area contributed by atoms with Crippen molar-refractivity contribution in [3.8, 4) is 11.3 Å². The number of H-pyrrole nitrogens is 1. The molecule has 8 nitrogen and oxygen atoms in total. The van der Waals surface area contributed by atoms with Gasteiger partial charge in [-0.3, -0.25) is 20.8 Å². The molecule has 0 bridgehead atoms. The van der Waals surface area contributed by atoms with E-state index in [4.69, 9.17) is 10.8 Å². The molecule has 4 N–H and O–H groups in total. The first-order valence-corrected chi connectivity index (χ1v) is 12.3. The van der Waals surface area contributed by atoms with Crippen molar-refractivity contribution in [2.75, 3.05) is 20.1 Å². The van der Waals surface area contributed by atoms with Crippen molar-refractivity contribution in [3.63, 3.8) is 0 Å². The SMILES string of the molecule is CN(C=N)C(=N)C(c1cccc(-c2n[nH]c3c(CN4CC(C)(O)C4)nc(C(F)(F)F)cc23)c1)C1CCC1. The van der Waals surface area contributed by atoms with E-state index in [1.165, 1.54) is 4.90 Å². The predicted molar refractivity (Wildman–Crippen MR) is 135 cm³/mol. The molecule has 37 heavy (non-hydrogen) atoms. The molecule has 0 spiro atoms. The van der Waals surface area contributed by atoms with Crippen molar-refractivity contribution < 1.29 is 18.3 Å². The Morgan fingerprint density at radius 1 is 1.32 bits per heavy atom. The standard InChI is InChI=1S/C26H30F3N7O/c1-25(37)12-36(13-25)11-19-23-18(10-20(32-19)26(27,28)29)22(33-34-23)17-8-4-7-16(9-17)21(15-5-3-6-15)24(31)35(2)14-30/h4,7-10,14-15,21,30-31,37H,3,5-6,11-13H2,1-2H3,(H,33,34). The quantitative estimate of drug-likeness (QED) is 0.272. The molecule has 0 radical (unpaired) electrons. The van der Waals surface area contributed by atoms with Crippen LogP contribution in [-0.4, -0.2) is 68.0 Å². The number of rotatable bonds is 7. The van der Waals surface area contributed by atoms with Gasteiger partial charge in [-0.15, -0.1) is 0 Å². The van der Waals surface area contributed by atoms with Crippen LogP contribution in [0.1, 0.15) is 49.1 Å². The third kappa shape index (κ3) is 4.85. The second-order valence-corrected chi connectivity index (χ2v) is 10.5. The van der Waals surface area contributed by atoms with Gasteiger partial charge in [0.1, 0.15) is 17.2 Å². The number of nitrogens with zero attached hydrogens (tertiary/aromatic N) is 4. The Labute approximate surface area is 212 Å². The Morgan fingerprint density at radius 3 is 2.65 bits per heavy atom. The molecule has 2 aromatic heterocycles. The highest BCUT2D eigenvalue weighted by molar-refractivity contribution is 5.96. The molecule has 0 amide bonds. The van der Waals surface area contributed by atoms with Crippen LogP contribution in [0.25, 0.3) is 22.2 Å². The van der Waals surface area contributed by atoms with Crippen LogP contribution in [0.2, 0.25) is 0 Å². The minimum Gasteiger partial charge on any atom is -0.388 e. The molecule has 3 heterocycles. The van der Waals surface area contributed by atoms with Crippen LogP contribution < -0.4 is 0 Å². The number of amidine groups is 1. The highest BCUT2D eigenvalue weighted by atomic mass is 19.4. The number of hydrogen-bond acceptors (Lipinski definition) is 6. The van der Waals surface area contributed by atoms with Gasteiger partial charge >= 0.3 is 6.18 Å². The minimum absolute atomic E-state index is 0.162. The summed E-state index contributed by atoms with van der Waals surface area (Å²) in [4.78, 5) is 7.25. The van der Waals surface area contributed by atoms with Crippen LogP contribution in [0.15, 0.2) is 30.3 Å². The second-order valence-electron chi connectivity index (χ2n) is 10.5. The molecule has 11 heteroatoms. The maximum absolute atomic E-state index is 13.8. The van der Waals surface area contributed by atoms with Crippen LogP contribution in [0.4, 0.5) is 13.2 Å². The number of hydrogen-bond donors (Lipinski definition) is 4. The zero-order valence-electron chi connectivity index (χ0n) is 20.7. The summed E-state index contributed by atoms with van der Waals surface area (Å²) in [7, 11) is 1.68. The Kier molecular flexibility index (Phi) is 6.31. The molecule has 1 atom stereocenters. The summed E-state index contributed by atoms with van der Waals surface area (Å²) in [6.07, 6.45) is -0.441. The number of aliphatic hydroxyl groups is 1. The number of β-amino-alcohol motifs (C(OH)–C–C–N with tert-alkyl or cyclic N) is 1. The first-order valence-electron chi connectivity index (χ1n) is 12.3. The summed E-state index contributed by atoms with van der Waals surface area (Å²) in [5.41, 5.74) is 0.754. The molecule has 1 aliphatic carbocycles. The largest absolute Gasteiger partial charge is 0.433 e. The van der Waals surface area contributed by atoms with E-state index in [1.54, 1.807) is 20.0 Å². The molecule has 2 aliphatic rings. The monoisotopic (exact) mass is 513 g/mol. The number of alkyl halides is 3. The van der Waals surface area contributed by atoms with Gasteiger partial charge in [-0.1, -0.05) is 24.6 Å². The summed E-state index contributed by atoms with van der Waals surface area (Å²) < 4.78 is 41.4. The van der Waals surface area contributed by atoms with Crippen LogP contribution in [0, 0.1) is 16.7 Å². The summed E-state index contributed by atoms with van der Waals surface area (Å²) >= 11 is 0. The second kappa shape index (κ2) is 9.21. The van der Waals surface area contributed by atoms with Gasteiger partial charge in [-0.25, -0.2) is 4.98 Å². The minimum atomic E-state index is -4.62. The fraction of sp³-hybridized carbons (Fsp3) is 0.462. The lowest BCUT2D eigenvalue weighted by atomic mass is 9.72. The number of likely N-dealkylation sites (N-methyl/N-ethyl adjacent to an activating group) is 1. The summed E-state index contributed by atoms with van der Waals surface area (Å²) in [5.74, 6) is 0.384. The smallest absolute Gasteiger partial charge is 0.388 e. The Hall–Kier alpha value is -3.31. The van der Waals surface area contributed by atoms with Crippen molar-refractivity contribution in [2.45, 2.75) is 50.4 Å². The first-order chi connectivity index (χ1) is 17.5. The molecular weight excluding hydrogens is 483 g/mol. The lowest BCUT2D eigenvalue weighted by Crippen LogP contribution is -2.59. The molecule has 1 aliphatic heterocycles. The van der Waals surface area contributed by atoms with E-state index in [0.29, 0.717) is 41.1 Å². The Bertz CT molecular complexity index is 1340. The number of likely N-dealkylation sites (tertiary alicyclic amines) is 1. The first kappa shape index (κ1) is 25.3. The summed E-state index contributed by atoms with van der Waals surface area (Å²) in [6, 6.07) is 8.50. The Morgan fingerprint density at radius 2 is 2.05 bits per heavy atom. The maximum Gasteiger partial charge on any atom is 0.433 e. The normalized spacial score (nSPS) is 18.8. The van der Waals surface area contributed by atoms with E-state index in [1.807, 2.05) is 23.1 Å². The van der Waals surface area contributed by atoms with Gasteiger partial charge < -0.3 is 10.0 Å². The lowest BCUT2D eigenvalue weighted by Gasteiger charge is -2.44. The Balaban J connectivity index is 1.56. The van der Waals surface area contributed by atoms with E-state index >= 15 is 0 Å². The fourth-order valence-electron chi connectivity index (χ4n) is 5.40. The van der Waals surface area contributed by atoms with E-state index < -0.39 is 17.5 Å². The molecule has 1 aromatic carbocycles. The van der Waals surface area contributed by atoms with Gasteiger partial charge in [0.15, 0.2) is 0 Å². The molecule has 1 unspecified atom stereocenters. The number of fused-ring (bicyclic) bond motifs is 1. The van der Waals surface area contributed by atoms with Crippen LogP contribution >= 0.6 is 0 Å². The van der Waals surface area contributed by atoms with Gasteiger partial charge in [0, 0.05) is 43.5 Å². The molecular formula is C26H30F3N7O. The van der Waals surface area contributed by atoms with E-state index in [9.17, 15) is 18.3 Å². The van der Waals surface area contributed by atoms with Crippen molar-refractivity contribution >= 4 is 23.1 Å². The van der Waals surface area contributed by atoms with Gasteiger partial charge in [0.25, 0.3) is 0 Å². The lowest BCUT2D eigenvalue weighted by molar-refractivity contribution is -0.141. The molecule has 1 saturated carbocycles. The van der Waals surface area contributed by atoms with Gasteiger partial charge in [-0.2, -0.15) is 18.3 Å². The number of aromatic amines is 1. The number of pyridine rings is 1. The van der Waals surface area contributed by atoms with E-state index in [-0.39, 0.29) is 24.1 Å². The highest BCUT2D eigenvalue weighted by Crippen LogP contribution is 2.42. The summed E-state index contributed by atoms with van der Waals surface area (Å²) in [6.45, 7) is 2.56. The predicted octanol–water partition coefficient (Wildman–Crippen LogP) is 4.61. The molecule has 3 aromatic rings. The van der Waals surface area contributed by atoms with Crippen molar-refractivity contribution in [2.24, 2.45) is 5.92 Å². The van der Waals surface area contributed by atoms with Crippen LogP contribution in [0.5, 0.6) is 0 Å². The van der Waals surface area contributed by atoms with Gasteiger partial charge in [0.05, 0.1) is 23.2 Å². The van der Waals surface area contributed by atoms with Crippen molar-refractivity contribution in [3.05, 3.63) is 47.3 Å². The highest BCUT2D eigenvalue weighted by Gasteiger charge is 2.39. The third-order valence-electron chi connectivity index (χ3n) is 7.43. The molecule has 2 fully saturated rings. The summed E-state index contributed by atoms with van der Waals surface area (Å²) in [5, 5.41) is 33.9. The number of benzene rings is 1. The van der Waals surface area contributed by atoms with E-state index in [0.717, 1.165) is 37.2 Å². The van der Waals surface area contributed by atoms with E-state index in [2.05, 4.69) is 15.2 Å². The average molecular weight is 514 g/mol. The maximum atomic E-state index is 13.8. The average Bonchev–Trinajstić information content (AvgIpc) is 3.23. The topological polar surface area (TPSA) is 116 Å². The zero-order valence-corrected chi connectivity index (χ0v) is 20.7. The number of aromatic nitrogens is 3.